The number of halogens is 6. The molecule has 2 aliphatic rings. The third-order valence-corrected chi connectivity index (χ3v) is 8.93. The van der Waals surface area contributed by atoms with Crippen molar-refractivity contribution in [3.8, 4) is 5.69 Å². The molecule has 4 heterocycles. The zero-order valence-corrected chi connectivity index (χ0v) is 23.7. The van der Waals surface area contributed by atoms with Crippen molar-refractivity contribution >= 4 is 5.52 Å². The number of alkyl halides is 6. The lowest BCUT2D eigenvalue weighted by molar-refractivity contribution is -0.191. The molecule has 0 unspecified atom stereocenters. The van der Waals surface area contributed by atoms with Gasteiger partial charge in [-0.1, -0.05) is 25.5 Å². The Kier molecular flexibility index (Phi) is 7.42. The molecule has 43 heavy (non-hydrogen) atoms. The maximum Gasteiger partial charge on any atom is 0.418 e. The third kappa shape index (κ3) is 5.47. The van der Waals surface area contributed by atoms with E-state index in [2.05, 4.69) is 10.2 Å². The van der Waals surface area contributed by atoms with Crippen molar-refractivity contribution in [1.29, 1.82) is 0 Å². The van der Waals surface area contributed by atoms with Crippen LogP contribution in [0.3, 0.4) is 0 Å². The Balaban J connectivity index is 1.49. The molecule has 0 amide bonds. The number of aromatic nitrogens is 5. The number of rotatable bonds is 6. The summed E-state index contributed by atoms with van der Waals surface area (Å²) in [5.41, 5.74) is -2.15. The number of aryl methyl sites for hydroxylation is 1. The van der Waals surface area contributed by atoms with Crippen LogP contribution >= 0.6 is 0 Å². The van der Waals surface area contributed by atoms with Crippen LogP contribution in [-0.2, 0) is 13.2 Å². The molecule has 6 rings (SSSR count). The molecule has 7 nitrogen and oxygen atoms in total. The number of pyridine rings is 1. The second kappa shape index (κ2) is 10.8. The van der Waals surface area contributed by atoms with Crippen molar-refractivity contribution in [2.45, 2.75) is 63.3 Å². The van der Waals surface area contributed by atoms with Crippen LogP contribution in [0, 0.1) is 11.8 Å². The molecular weight excluding hydrogens is 574 g/mol. The van der Waals surface area contributed by atoms with Gasteiger partial charge in [0.2, 0.25) is 0 Å². The molecule has 13 heteroatoms. The topological polar surface area (TPSA) is 60.4 Å². The Bertz CT molecular complexity index is 1680. The highest BCUT2D eigenvalue weighted by Crippen LogP contribution is 2.44. The zero-order chi connectivity index (χ0) is 30.7. The average Bonchev–Trinajstić information content (AvgIpc) is 3.47. The van der Waals surface area contributed by atoms with E-state index in [0.717, 1.165) is 54.0 Å². The summed E-state index contributed by atoms with van der Waals surface area (Å²) >= 11 is 0. The second-order valence-electron chi connectivity index (χ2n) is 12.0. The van der Waals surface area contributed by atoms with Crippen LogP contribution < -0.4 is 5.69 Å². The smallest absolute Gasteiger partial charge is 0.320 e. The van der Waals surface area contributed by atoms with E-state index in [-0.39, 0.29) is 24.9 Å². The first-order valence-corrected chi connectivity index (χ1v) is 14.4. The van der Waals surface area contributed by atoms with Crippen molar-refractivity contribution in [2.75, 3.05) is 13.1 Å². The van der Waals surface area contributed by atoms with Gasteiger partial charge in [0.15, 0.2) is 0 Å². The van der Waals surface area contributed by atoms with Gasteiger partial charge in [-0.25, -0.2) is 4.79 Å². The first-order valence-electron chi connectivity index (χ1n) is 14.4. The number of hydrogen-bond acceptors (Lipinski definition) is 4. The van der Waals surface area contributed by atoms with Gasteiger partial charge in [0.1, 0.15) is 18.2 Å². The number of likely N-dealkylation sites (tertiary alicyclic amines) is 1. The van der Waals surface area contributed by atoms with Crippen molar-refractivity contribution in [3.63, 3.8) is 0 Å². The fourth-order valence-electron chi connectivity index (χ4n) is 6.69. The fraction of sp³-hybridized carbons (Fsp3) is 0.500. The lowest BCUT2D eigenvalue weighted by Gasteiger charge is -2.38. The quantitative estimate of drug-likeness (QED) is 0.235. The summed E-state index contributed by atoms with van der Waals surface area (Å²) in [4.78, 5) is 14.8. The lowest BCUT2D eigenvalue weighted by Crippen LogP contribution is -2.44. The molecule has 1 saturated heterocycles. The van der Waals surface area contributed by atoms with Gasteiger partial charge in [-0.3, -0.25) is 13.9 Å². The van der Waals surface area contributed by atoms with Crippen LogP contribution in [0.2, 0.25) is 0 Å². The summed E-state index contributed by atoms with van der Waals surface area (Å²) in [7, 11) is 1.84. The Hall–Kier alpha value is -3.61. The van der Waals surface area contributed by atoms with Gasteiger partial charge in [-0.2, -0.15) is 26.3 Å². The van der Waals surface area contributed by atoms with Crippen LogP contribution in [0.15, 0.2) is 53.8 Å². The number of benzene rings is 1. The minimum absolute atomic E-state index is 0.0363. The fourth-order valence-corrected chi connectivity index (χ4v) is 6.69. The summed E-state index contributed by atoms with van der Waals surface area (Å²) < 4.78 is 90.1. The number of imidazole rings is 1. The highest BCUT2D eigenvalue weighted by atomic mass is 19.4. The minimum atomic E-state index is -4.99. The molecule has 230 valence electrons. The van der Waals surface area contributed by atoms with Gasteiger partial charge in [0, 0.05) is 31.9 Å². The highest BCUT2D eigenvalue weighted by Gasteiger charge is 2.47. The molecule has 1 aromatic carbocycles. The Labute approximate surface area is 243 Å². The van der Waals surface area contributed by atoms with Crippen molar-refractivity contribution in [3.05, 3.63) is 82.1 Å². The minimum Gasteiger partial charge on any atom is -0.320 e. The van der Waals surface area contributed by atoms with Crippen LogP contribution in [0.25, 0.3) is 11.2 Å². The molecule has 3 atom stereocenters. The number of nitrogens with zero attached hydrogens (tertiary/aromatic N) is 6. The van der Waals surface area contributed by atoms with E-state index >= 15 is 0 Å². The first kappa shape index (κ1) is 29.5. The van der Waals surface area contributed by atoms with Crippen molar-refractivity contribution < 1.29 is 26.3 Å². The highest BCUT2D eigenvalue weighted by molar-refractivity contribution is 5.58. The molecule has 1 aliphatic heterocycles. The molecule has 1 saturated carbocycles. The second-order valence-corrected chi connectivity index (χ2v) is 12.0. The normalized spacial score (nSPS) is 20.3. The van der Waals surface area contributed by atoms with E-state index in [1.54, 1.807) is 24.5 Å². The molecule has 0 N–H and O–H groups in total. The van der Waals surface area contributed by atoms with E-state index in [1.807, 2.05) is 24.6 Å². The molecule has 1 aliphatic carbocycles. The summed E-state index contributed by atoms with van der Waals surface area (Å²) in [6.45, 7) is 2.02. The molecular formula is C30H32F6N6O. The summed E-state index contributed by atoms with van der Waals surface area (Å²) in [6.07, 6.45) is -1.98. The summed E-state index contributed by atoms with van der Waals surface area (Å²) in [5, 5.41) is 8.30. The van der Waals surface area contributed by atoms with Gasteiger partial charge < -0.3 is 4.57 Å². The largest absolute Gasteiger partial charge is 0.418 e. The standard InChI is InChI=1S/C30H32F6N6O/c1-18-6-5-11-40(14-18)26(30(34,35)36)21-13-23(29(31,32)33)24-16-41(28(43)42(24)15-21)22-10-4-9-20(12-22)25(19-7-3-8-19)27-38-37-17-39(27)2/h4,9-10,12-13,15-19,25-26H,3,5-8,11,14H2,1-2H3/t18-,25-,26-/m0/s1. The maximum atomic E-state index is 14.5. The Morgan fingerprint density at radius 1 is 0.977 bits per heavy atom. The van der Waals surface area contributed by atoms with E-state index in [9.17, 15) is 31.1 Å². The third-order valence-electron chi connectivity index (χ3n) is 8.93. The zero-order valence-electron chi connectivity index (χ0n) is 23.7. The van der Waals surface area contributed by atoms with E-state index in [4.69, 9.17) is 0 Å². The number of hydrogen-bond donors (Lipinski definition) is 0. The SMILES string of the molecule is C[C@H]1CCCN([C@@H](c2cc(C(F)(F)F)c3cn(-c4cccc([C@@H](c5nncn5C)C5CCC5)c4)c(=O)n3c2)C(F)(F)F)C1. The number of fused-ring (bicyclic) bond motifs is 1. The van der Waals surface area contributed by atoms with E-state index in [0.29, 0.717) is 28.5 Å². The first-order chi connectivity index (χ1) is 20.3. The number of piperidine rings is 1. The molecule has 4 aromatic rings. The van der Waals surface area contributed by atoms with E-state index < -0.39 is 40.7 Å². The molecule has 0 radical (unpaired) electrons. The van der Waals surface area contributed by atoms with E-state index in [1.165, 1.54) is 4.90 Å². The van der Waals surface area contributed by atoms with Crippen molar-refractivity contribution in [2.24, 2.45) is 18.9 Å². The summed E-state index contributed by atoms with van der Waals surface area (Å²) in [5.74, 6) is 0.862. The Morgan fingerprint density at radius 3 is 2.35 bits per heavy atom. The van der Waals surface area contributed by atoms with Gasteiger partial charge in [0.05, 0.1) is 16.8 Å². The van der Waals surface area contributed by atoms with Crippen molar-refractivity contribution in [1.82, 2.24) is 28.6 Å². The predicted octanol–water partition coefficient (Wildman–Crippen LogP) is 6.50. The van der Waals surface area contributed by atoms with Gasteiger partial charge >= 0.3 is 18.0 Å². The molecule has 0 bridgehead atoms. The molecule has 2 fully saturated rings. The van der Waals surface area contributed by atoms with Gasteiger partial charge in [-0.05, 0) is 73.4 Å². The van der Waals surface area contributed by atoms with Crippen LogP contribution in [0.1, 0.15) is 73.5 Å². The molecule has 0 spiro atoms. The van der Waals surface area contributed by atoms with Gasteiger partial charge in [0.25, 0.3) is 0 Å². The average molecular weight is 607 g/mol. The van der Waals surface area contributed by atoms with Crippen LogP contribution in [-0.4, -0.2) is 47.9 Å². The molecule has 3 aromatic heterocycles. The predicted molar refractivity (Wildman–Crippen MR) is 147 cm³/mol. The Morgan fingerprint density at radius 2 is 1.74 bits per heavy atom. The van der Waals surface area contributed by atoms with Crippen LogP contribution in [0.4, 0.5) is 26.3 Å². The monoisotopic (exact) mass is 606 g/mol. The van der Waals surface area contributed by atoms with Gasteiger partial charge in [-0.15, -0.1) is 10.2 Å². The maximum absolute atomic E-state index is 14.5. The lowest BCUT2D eigenvalue weighted by atomic mass is 9.72. The van der Waals surface area contributed by atoms with Crippen LogP contribution in [0.5, 0.6) is 0 Å². The summed E-state index contributed by atoms with van der Waals surface area (Å²) in [6, 6.07) is 5.21.